The lowest BCUT2D eigenvalue weighted by Crippen LogP contribution is -2.15. The molecule has 1 rings (SSSR count). The highest BCUT2D eigenvalue weighted by Crippen LogP contribution is 2.12. The summed E-state index contributed by atoms with van der Waals surface area (Å²) in [6.45, 7) is 3.54. The standard InChI is InChI=1S/C8H9N3O3S/c1-2-3-14-11-6(7(12)13)5-4-15-8(9)10-5/h2,4H,1,3H2,(H2,9,10)(H,12,13). The maximum absolute atomic E-state index is 10.8. The van der Waals surface area contributed by atoms with Crippen LogP contribution in [0.2, 0.25) is 0 Å². The topological polar surface area (TPSA) is 97.8 Å². The summed E-state index contributed by atoms with van der Waals surface area (Å²) in [6, 6.07) is 0. The van der Waals surface area contributed by atoms with E-state index in [1.165, 1.54) is 11.5 Å². The molecule has 80 valence electrons. The summed E-state index contributed by atoms with van der Waals surface area (Å²) in [5, 5.41) is 14.0. The Balaban J connectivity index is 2.87. The third-order valence-corrected chi connectivity index (χ3v) is 1.99. The monoisotopic (exact) mass is 227 g/mol. The van der Waals surface area contributed by atoms with Crippen LogP contribution in [-0.2, 0) is 9.63 Å². The first-order valence-electron chi connectivity index (χ1n) is 3.90. The minimum Gasteiger partial charge on any atom is -0.476 e. The number of oxime groups is 1. The van der Waals surface area contributed by atoms with Gasteiger partial charge in [-0.15, -0.1) is 11.3 Å². The van der Waals surface area contributed by atoms with Crippen LogP contribution in [0.3, 0.4) is 0 Å². The Kier molecular flexibility index (Phi) is 3.81. The minimum atomic E-state index is -1.22. The van der Waals surface area contributed by atoms with Crippen LogP contribution in [0.25, 0.3) is 0 Å². The molecule has 1 aromatic rings. The van der Waals surface area contributed by atoms with Crippen molar-refractivity contribution < 1.29 is 14.7 Å². The normalized spacial score (nSPS) is 11.1. The summed E-state index contributed by atoms with van der Waals surface area (Å²) in [5.41, 5.74) is 5.29. The molecule has 0 spiro atoms. The van der Waals surface area contributed by atoms with Crippen molar-refractivity contribution in [2.75, 3.05) is 12.3 Å². The van der Waals surface area contributed by atoms with Crippen molar-refractivity contribution in [1.82, 2.24) is 4.98 Å². The fraction of sp³-hybridized carbons (Fsp3) is 0.125. The average Bonchev–Trinajstić information content (AvgIpc) is 2.59. The molecule has 0 atom stereocenters. The SMILES string of the molecule is C=CCON=C(C(=O)O)c1csc(N)n1. The highest BCUT2D eigenvalue weighted by molar-refractivity contribution is 7.13. The van der Waals surface area contributed by atoms with Gasteiger partial charge in [0.15, 0.2) is 5.13 Å². The smallest absolute Gasteiger partial charge is 0.360 e. The second kappa shape index (κ2) is 5.11. The highest BCUT2D eigenvalue weighted by atomic mass is 32.1. The number of nitrogen functional groups attached to an aromatic ring is 1. The summed E-state index contributed by atoms with van der Waals surface area (Å²) < 4.78 is 0. The number of carboxylic acids is 1. The van der Waals surface area contributed by atoms with E-state index in [-0.39, 0.29) is 23.1 Å². The summed E-state index contributed by atoms with van der Waals surface area (Å²) in [6.07, 6.45) is 1.46. The third kappa shape index (κ3) is 3.06. The minimum absolute atomic E-state index is 0.135. The van der Waals surface area contributed by atoms with Crippen molar-refractivity contribution in [2.24, 2.45) is 5.16 Å². The number of hydrogen-bond acceptors (Lipinski definition) is 6. The first kappa shape index (κ1) is 11.2. The maximum Gasteiger partial charge on any atom is 0.360 e. The van der Waals surface area contributed by atoms with Crippen LogP contribution in [0.1, 0.15) is 5.69 Å². The zero-order valence-electron chi connectivity index (χ0n) is 7.71. The van der Waals surface area contributed by atoms with Gasteiger partial charge in [0.05, 0.1) is 0 Å². The Bertz CT molecular complexity index is 400. The largest absolute Gasteiger partial charge is 0.476 e. The fourth-order valence-electron chi connectivity index (χ4n) is 0.746. The lowest BCUT2D eigenvalue weighted by atomic mass is 10.3. The predicted octanol–water partition coefficient (Wildman–Crippen LogP) is 0.717. The molecule has 0 aliphatic heterocycles. The molecule has 0 radical (unpaired) electrons. The van der Waals surface area contributed by atoms with Gasteiger partial charge >= 0.3 is 5.97 Å². The summed E-state index contributed by atoms with van der Waals surface area (Å²) >= 11 is 1.14. The van der Waals surface area contributed by atoms with E-state index in [1.807, 2.05) is 0 Å². The van der Waals surface area contributed by atoms with Gasteiger partial charge in [0.25, 0.3) is 0 Å². The summed E-state index contributed by atoms with van der Waals surface area (Å²) in [4.78, 5) is 19.3. The van der Waals surface area contributed by atoms with Crippen LogP contribution in [0.5, 0.6) is 0 Å². The van der Waals surface area contributed by atoms with E-state index in [0.717, 1.165) is 11.3 Å². The number of nitrogens with two attached hydrogens (primary N) is 1. The Labute approximate surface area is 89.7 Å². The molecule has 0 saturated carbocycles. The molecule has 6 nitrogen and oxygen atoms in total. The lowest BCUT2D eigenvalue weighted by molar-refractivity contribution is -0.129. The summed E-state index contributed by atoms with van der Waals surface area (Å²) in [5.74, 6) is -1.22. The van der Waals surface area contributed by atoms with Crippen molar-refractivity contribution in [3.63, 3.8) is 0 Å². The van der Waals surface area contributed by atoms with Crippen LogP contribution in [0.4, 0.5) is 5.13 Å². The maximum atomic E-state index is 10.8. The first-order valence-corrected chi connectivity index (χ1v) is 4.78. The number of anilines is 1. The van der Waals surface area contributed by atoms with Gasteiger partial charge in [-0.2, -0.15) is 0 Å². The summed E-state index contributed by atoms with van der Waals surface area (Å²) in [7, 11) is 0. The van der Waals surface area contributed by atoms with Crippen molar-refractivity contribution in [3.8, 4) is 0 Å². The quantitative estimate of drug-likeness (QED) is 0.334. The van der Waals surface area contributed by atoms with E-state index in [0.29, 0.717) is 0 Å². The molecule has 0 aliphatic rings. The Hall–Kier alpha value is -1.89. The van der Waals surface area contributed by atoms with E-state index in [1.54, 1.807) is 0 Å². The number of aromatic nitrogens is 1. The van der Waals surface area contributed by atoms with Gasteiger partial charge < -0.3 is 15.7 Å². The van der Waals surface area contributed by atoms with Gasteiger partial charge in [-0.05, 0) is 0 Å². The zero-order valence-corrected chi connectivity index (χ0v) is 8.53. The zero-order chi connectivity index (χ0) is 11.3. The fourth-order valence-corrected chi connectivity index (χ4v) is 1.29. The molecule has 0 amide bonds. The molecule has 0 saturated heterocycles. The Morgan fingerprint density at radius 2 is 2.60 bits per heavy atom. The first-order chi connectivity index (χ1) is 7.15. The lowest BCUT2D eigenvalue weighted by Gasteiger charge is -1.97. The van der Waals surface area contributed by atoms with Gasteiger partial charge in [0.2, 0.25) is 5.71 Å². The second-order valence-corrected chi connectivity index (χ2v) is 3.29. The van der Waals surface area contributed by atoms with E-state index >= 15 is 0 Å². The van der Waals surface area contributed by atoms with Crippen molar-refractivity contribution in [2.45, 2.75) is 0 Å². The molecule has 0 fully saturated rings. The average molecular weight is 227 g/mol. The van der Waals surface area contributed by atoms with Crippen LogP contribution < -0.4 is 5.73 Å². The molecular formula is C8H9N3O3S. The van der Waals surface area contributed by atoms with Crippen LogP contribution in [-0.4, -0.2) is 28.4 Å². The number of carboxylic acid groups (broad SMARTS) is 1. The van der Waals surface area contributed by atoms with Crippen molar-refractivity contribution in [3.05, 3.63) is 23.7 Å². The molecule has 15 heavy (non-hydrogen) atoms. The molecule has 3 N–H and O–H groups in total. The number of aliphatic carboxylic acids is 1. The van der Waals surface area contributed by atoms with Crippen LogP contribution >= 0.6 is 11.3 Å². The van der Waals surface area contributed by atoms with Gasteiger partial charge in [0, 0.05) is 5.38 Å². The van der Waals surface area contributed by atoms with Crippen LogP contribution in [0.15, 0.2) is 23.2 Å². The molecule has 0 unspecified atom stereocenters. The van der Waals surface area contributed by atoms with E-state index < -0.39 is 5.97 Å². The van der Waals surface area contributed by atoms with Gasteiger partial charge in [-0.25, -0.2) is 9.78 Å². The number of hydrogen-bond donors (Lipinski definition) is 2. The number of carbonyl (C=O) groups is 1. The van der Waals surface area contributed by atoms with Gasteiger partial charge in [0.1, 0.15) is 12.3 Å². The number of nitrogens with zero attached hydrogens (tertiary/aromatic N) is 2. The van der Waals surface area contributed by atoms with Crippen molar-refractivity contribution in [1.29, 1.82) is 0 Å². The molecule has 0 bridgehead atoms. The third-order valence-electron chi connectivity index (χ3n) is 1.32. The van der Waals surface area contributed by atoms with E-state index in [4.69, 9.17) is 10.8 Å². The molecule has 7 heteroatoms. The van der Waals surface area contributed by atoms with Gasteiger partial charge in [-0.3, -0.25) is 0 Å². The highest BCUT2D eigenvalue weighted by Gasteiger charge is 2.16. The molecule has 0 aromatic carbocycles. The number of thiazole rings is 1. The van der Waals surface area contributed by atoms with Gasteiger partial charge in [-0.1, -0.05) is 17.8 Å². The van der Waals surface area contributed by atoms with E-state index in [9.17, 15) is 4.79 Å². The Morgan fingerprint density at radius 3 is 3.07 bits per heavy atom. The van der Waals surface area contributed by atoms with Crippen molar-refractivity contribution >= 4 is 28.1 Å². The molecule has 1 heterocycles. The van der Waals surface area contributed by atoms with Crippen LogP contribution in [0, 0.1) is 0 Å². The molecule has 1 aromatic heterocycles. The predicted molar refractivity (Wildman–Crippen MR) is 56.8 cm³/mol. The second-order valence-electron chi connectivity index (χ2n) is 2.40. The number of rotatable bonds is 5. The van der Waals surface area contributed by atoms with E-state index in [2.05, 4.69) is 21.6 Å². The molecular weight excluding hydrogens is 218 g/mol. The molecule has 0 aliphatic carbocycles. The Morgan fingerprint density at radius 1 is 1.87 bits per heavy atom.